The molecule has 4 heteroatoms. The highest BCUT2D eigenvalue weighted by atomic mass is 35.5. The van der Waals surface area contributed by atoms with E-state index in [9.17, 15) is 0 Å². The van der Waals surface area contributed by atoms with Crippen LogP contribution in [0.4, 0.5) is 0 Å². The van der Waals surface area contributed by atoms with Gasteiger partial charge in [-0.1, -0.05) is 24.6 Å². The number of fused-ring (bicyclic) bond motifs is 1. The molecular weight excluding hydrogens is 254 g/mol. The van der Waals surface area contributed by atoms with Crippen LogP contribution in [0.25, 0.3) is 10.9 Å². The Morgan fingerprint density at radius 2 is 2.24 bits per heavy atom. The van der Waals surface area contributed by atoms with Gasteiger partial charge in [0, 0.05) is 33.9 Å². The smallest absolute Gasteiger partial charge is 0.0728 e. The lowest BCUT2D eigenvalue weighted by Gasteiger charge is -2.09. The molecule has 0 saturated heterocycles. The van der Waals surface area contributed by atoms with Crippen LogP contribution in [0.15, 0.2) is 35.4 Å². The molecule has 0 fully saturated rings. The summed E-state index contributed by atoms with van der Waals surface area (Å²) in [4.78, 5) is 5.49. The molecule has 1 heterocycles. The van der Waals surface area contributed by atoms with Crippen LogP contribution in [-0.4, -0.2) is 22.5 Å². The number of halogens is 1. The summed E-state index contributed by atoms with van der Waals surface area (Å²) >= 11 is 7.69. The van der Waals surface area contributed by atoms with Crippen molar-refractivity contribution >= 4 is 34.3 Å². The van der Waals surface area contributed by atoms with Crippen LogP contribution >= 0.6 is 23.4 Å². The van der Waals surface area contributed by atoms with Crippen molar-refractivity contribution in [2.24, 2.45) is 5.92 Å². The number of pyridine rings is 1. The first-order chi connectivity index (χ1) is 8.20. The zero-order chi connectivity index (χ0) is 12.3. The highest BCUT2D eigenvalue weighted by Gasteiger charge is 2.06. The van der Waals surface area contributed by atoms with Crippen LogP contribution in [0.1, 0.15) is 6.92 Å². The van der Waals surface area contributed by atoms with Crippen molar-refractivity contribution in [3.05, 3.63) is 35.5 Å². The molecule has 2 nitrogen and oxygen atoms in total. The molecule has 0 amide bonds. The summed E-state index contributed by atoms with van der Waals surface area (Å²) in [6.07, 6.45) is 1.80. The Morgan fingerprint density at radius 1 is 1.41 bits per heavy atom. The summed E-state index contributed by atoms with van der Waals surface area (Å²) in [5.41, 5.74) is 0.916. The molecule has 0 aliphatic rings. The summed E-state index contributed by atoms with van der Waals surface area (Å²) < 4.78 is 0. The molecule has 0 radical (unpaired) electrons. The maximum atomic E-state index is 9.02. The van der Waals surface area contributed by atoms with Crippen LogP contribution in [0.2, 0.25) is 5.02 Å². The van der Waals surface area contributed by atoms with Gasteiger partial charge in [0.1, 0.15) is 0 Å². The first-order valence-electron chi connectivity index (χ1n) is 5.48. The predicted molar refractivity (Wildman–Crippen MR) is 73.7 cm³/mol. The molecule has 1 aromatic heterocycles. The van der Waals surface area contributed by atoms with Gasteiger partial charge in [-0.2, -0.15) is 0 Å². The van der Waals surface area contributed by atoms with E-state index in [4.69, 9.17) is 16.7 Å². The highest BCUT2D eigenvalue weighted by molar-refractivity contribution is 7.99. The molecule has 1 N–H and O–H groups in total. The first kappa shape index (κ1) is 12.7. The number of rotatable bonds is 4. The van der Waals surface area contributed by atoms with Gasteiger partial charge in [-0.3, -0.25) is 4.98 Å². The van der Waals surface area contributed by atoms with Gasteiger partial charge in [0.15, 0.2) is 0 Å². The molecule has 2 rings (SSSR count). The van der Waals surface area contributed by atoms with E-state index in [1.165, 1.54) is 4.90 Å². The molecule has 0 aliphatic heterocycles. The maximum Gasteiger partial charge on any atom is 0.0728 e. The second-order valence-electron chi connectivity index (χ2n) is 4.07. The van der Waals surface area contributed by atoms with Crippen LogP contribution < -0.4 is 0 Å². The highest BCUT2D eigenvalue weighted by Crippen LogP contribution is 2.29. The van der Waals surface area contributed by atoms with Crippen molar-refractivity contribution in [3.8, 4) is 0 Å². The summed E-state index contributed by atoms with van der Waals surface area (Å²) in [5, 5.41) is 10.8. The molecule has 1 atom stereocenters. The second kappa shape index (κ2) is 5.71. The van der Waals surface area contributed by atoms with Crippen molar-refractivity contribution < 1.29 is 5.11 Å². The molecule has 2 aromatic rings. The third-order valence-electron chi connectivity index (χ3n) is 2.50. The SMILES string of the molecule is CC(CO)CSc1ccnc2cc(Cl)ccc12. The van der Waals surface area contributed by atoms with Gasteiger partial charge in [-0.05, 0) is 24.1 Å². The number of hydrogen-bond acceptors (Lipinski definition) is 3. The molecule has 0 saturated carbocycles. The van der Waals surface area contributed by atoms with Gasteiger partial charge in [0.05, 0.1) is 5.52 Å². The van der Waals surface area contributed by atoms with Crippen molar-refractivity contribution in [3.63, 3.8) is 0 Å². The lowest BCUT2D eigenvalue weighted by Crippen LogP contribution is -2.03. The number of benzene rings is 1. The average Bonchev–Trinajstić information content (AvgIpc) is 2.35. The van der Waals surface area contributed by atoms with E-state index < -0.39 is 0 Å². The Morgan fingerprint density at radius 3 is 3.00 bits per heavy atom. The summed E-state index contributed by atoms with van der Waals surface area (Å²) in [6, 6.07) is 7.75. The number of thioether (sulfide) groups is 1. The molecule has 90 valence electrons. The largest absolute Gasteiger partial charge is 0.396 e. The zero-order valence-corrected chi connectivity index (χ0v) is 11.1. The minimum absolute atomic E-state index is 0.224. The Bertz CT molecular complexity index is 518. The molecule has 1 unspecified atom stereocenters. The average molecular weight is 268 g/mol. The van der Waals surface area contributed by atoms with E-state index in [1.54, 1.807) is 18.0 Å². The third-order valence-corrected chi connectivity index (χ3v) is 4.14. The minimum Gasteiger partial charge on any atom is -0.396 e. The fourth-order valence-electron chi connectivity index (χ4n) is 1.51. The maximum absolute atomic E-state index is 9.02. The molecule has 0 spiro atoms. The number of aromatic nitrogens is 1. The summed E-state index contributed by atoms with van der Waals surface area (Å²) in [6.45, 7) is 2.26. The van der Waals surface area contributed by atoms with Crippen molar-refractivity contribution in [1.82, 2.24) is 4.98 Å². The Labute approximate surface area is 110 Å². The van der Waals surface area contributed by atoms with E-state index in [2.05, 4.69) is 4.98 Å². The zero-order valence-electron chi connectivity index (χ0n) is 9.56. The van der Waals surface area contributed by atoms with Crippen LogP contribution in [0.3, 0.4) is 0 Å². The first-order valence-corrected chi connectivity index (χ1v) is 6.85. The fourth-order valence-corrected chi connectivity index (χ4v) is 2.73. The van der Waals surface area contributed by atoms with Crippen molar-refractivity contribution in [2.75, 3.05) is 12.4 Å². The van der Waals surface area contributed by atoms with Crippen molar-refractivity contribution in [2.45, 2.75) is 11.8 Å². The van der Waals surface area contributed by atoms with Gasteiger partial charge in [-0.15, -0.1) is 11.8 Å². The Balaban J connectivity index is 2.28. The number of hydrogen-bond donors (Lipinski definition) is 1. The summed E-state index contributed by atoms with van der Waals surface area (Å²) in [5.74, 6) is 1.20. The van der Waals surface area contributed by atoms with Gasteiger partial charge in [0.2, 0.25) is 0 Å². The van der Waals surface area contributed by atoms with Crippen molar-refractivity contribution in [1.29, 1.82) is 0 Å². The minimum atomic E-state index is 0.224. The van der Waals surface area contributed by atoms with Gasteiger partial charge in [-0.25, -0.2) is 0 Å². The molecular formula is C13H14ClNOS. The Kier molecular flexibility index (Phi) is 4.26. The molecule has 1 aromatic carbocycles. The predicted octanol–water partition coefficient (Wildman–Crippen LogP) is 3.61. The standard InChI is InChI=1S/C13H14ClNOS/c1-9(7-16)8-17-13-4-5-15-12-6-10(14)2-3-11(12)13/h2-6,9,16H,7-8H2,1H3. The molecule has 0 aliphatic carbocycles. The van der Waals surface area contributed by atoms with E-state index >= 15 is 0 Å². The van der Waals surface area contributed by atoms with E-state index in [0.717, 1.165) is 16.7 Å². The lowest BCUT2D eigenvalue weighted by molar-refractivity contribution is 0.250. The van der Waals surface area contributed by atoms with Crippen LogP contribution in [0, 0.1) is 5.92 Å². The lowest BCUT2D eigenvalue weighted by atomic mass is 10.2. The van der Waals surface area contributed by atoms with Gasteiger partial charge >= 0.3 is 0 Å². The number of nitrogens with zero attached hydrogens (tertiary/aromatic N) is 1. The van der Waals surface area contributed by atoms with E-state index in [0.29, 0.717) is 10.9 Å². The van der Waals surface area contributed by atoms with Gasteiger partial charge < -0.3 is 5.11 Å². The van der Waals surface area contributed by atoms with Gasteiger partial charge in [0.25, 0.3) is 0 Å². The van der Waals surface area contributed by atoms with E-state index in [1.807, 2.05) is 31.2 Å². The molecule has 17 heavy (non-hydrogen) atoms. The normalized spacial score (nSPS) is 12.9. The van der Waals surface area contributed by atoms with Crippen LogP contribution in [0.5, 0.6) is 0 Å². The number of aliphatic hydroxyl groups excluding tert-OH is 1. The fraction of sp³-hybridized carbons (Fsp3) is 0.308. The summed E-state index contributed by atoms with van der Waals surface area (Å²) in [7, 11) is 0. The quantitative estimate of drug-likeness (QED) is 0.859. The Hall–Kier alpha value is -0.770. The van der Waals surface area contributed by atoms with E-state index in [-0.39, 0.29) is 6.61 Å². The van der Waals surface area contributed by atoms with Crippen LogP contribution in [-0.2, 0) is 0 Å². The monoisotopic (exact) mass is 267 g/mol. The second-order valence-corrected chi connectivity index (χ2v) is 5.57. The third kappa shape index (κ3) is 3.12. The molecule has 0 bridgehead atoms. The number of aliphatic hydroxyl groups is 1. The topological polar surface area (TPSA) is 33.1 Å².